The molecule has 0 heterocycles. The van der Waals surface area contributed by atoms with Gasteiger partial charge in [-0.15, -0.1) is 0 Å². The molecule has 3 rings (SSSR count). The Bertz CT molecular complexity index is 1040. The first-order valence-electron chi connectivity index (χ1n) is 15.7. The van der Waals surface area contributed by atoms with E-state index < -0.39 is 30.0 Å². The van der Waals surface area contributed by atoms with Crippen LogP contribution in [0, 0.1) is 0 Å². The second kappa shape index (κ2) is 17.6. The third-order valence-corrected chi connectivity index (χ3v) is 22.7. The van der Waals surface area contributed by atoms with Gasteiger partial charge in [0.2, 0.25) is 0 Å². The molecule has 3 aromatic rings. The van der Waals surface area contributed by atoms with E-state index in [2.05, 4.69) is 109 Å². The number of benzene rings is 3. The molecule has 3 aromatic carbocycles. The molecule has 0 spiro atoms. The van der Waals surface area contributed by atoms with Crippen molar-refractivity contribution in [3.05, 3.63) is 118 Å². The van der Waals surface area contributed by atoms with Gasteiger partial charge >= 0.3 is 255 Å². The minimum atomic E-state index is -2.49. The predicted octanol–water partition coefficient (Wildman–Crippen LogP) is 9.44. The third kappa shape index (κ3) is 9.06. The molecule has 0 aliphatic rings. The normalized spacial score (nSPS) is 12.9. The number of hydrogen-bond donors (Lipinski definition) is 1. The van der Waals surface area contributed by atoms with Gasteiger partial charge in [-0.25, -0.2) is 0 Å². The Hall–Kier alpha value is -2.37. The number of carbonyl (C=O) groups excluding carboxylic acids is 1. The van der Waals surface area contributed by atoms with Crippen molar-refractivity contribution < 1.29 is 9.53 Å². The second-order valence-corrected chi connectivity index (χ2v) is 24.4. The number of methoxy groups -OCH3 is 1. The molecule has 0 radical (unpaired) electrons. The molecule has 4 heteroatoms. The Morgan fingerprint density at radius 3 is 1.46 bits per heavy atom. The van der Waals surface area contributed by atoms with Gasteiger partial charge in [0, 0.05) is 0 Å². The molecule has 0 fully saturated rings. The molecule has 3 nitrogen and oxygen atoms in total. The molecule has 41 heavy (non-hydrogen) atoms. The van der Waals surface area contributed by atoms with E-state index in [4.69, 9.17) is 4.74 Å². The average Bonchev–Trinajstić information content (AvgIpc) is 3.04. The standard InChI is InChI=1S/C25H24NO2.3C4H9.Sn/c1-3-13-23(24(27)28-2)26-25(20-14-7-4-8-15-20,21-16-9-5-10-17-21)22-18-11-6-12-19-22;3*1-3-4-2;/h1,3-12,14-19,23,26H,13H2,2H3;3*1,3-4H2,2H3;/t23-;;;;/m0..../s1. The van der Waals surface area contributed by atoms with Gasteiger partial charge < -0.3 is 0 Å². The first-order chi connectivity index (χ1) is 20.0. The number of carbonyl (C=O) groups is 1. The van der Waals surface area contributed by atoms with Crippen molar-refractivity contribution in [2.24, 2.45) is 0 Å². The molecule has 0 unspecified atom stereocenters. The minimum absolute atomic E-state index is 0.224. The maximum atomic E-state index is 13.5. The fourth-order valence-electron chi connectivity index (χ4n) is 6.10. The van der Waals surface area contributed by atoms with Crippen molar-refractivity contribution in [1.29, 1.82) is 0 Å². The second-order valence-electron chi connectivity index (χ2n) is 11.4. The van der Waals surface area contributed by atoms with E-state index in [9.17, 15) is 4.79 Å². The zero-order valence-corrected chi connectivity index (χ0v) is 28.6. The summed E-state index contributed by atoms with van der Waals surface area (Å²) < 4.78 is 12.3. The van der Waals surface area contributed by atoms with Gasteiger partial charge in [-0.3, -0.25) is 0 Å². The molecule has 0 aromatic heterocycles. The zero-order valence-electron chi connectivity index (χ0n) is 25.8. The molecule has 0 saturated heterocycles. The van der Waals surface area contributed by atoms with Crippen LogP contribution in [0.1, 0.15) is 82.4 Å². The monoisotopic (exact) mass is 661 g/mol. The molecule has 220 valence electrons. The van der Waals surface area contributed by atoms with Crippen LogP contribution in [0.5, 0.6) is 0 Å². The van der Waals surface area contributed by atoms with Gasteiger partial charge in [-0.2, -0.15) is 0 Å². The molecule has 0 bridgehead atoms. The molecule has 0 amide bonds. The summed E-state index contributed by atoms with van der Waals surface area (Å²) in [4.78, 5) is 13.5. The van der Waals surface area contributed by atoms with Gasteiger partial charge in [0.05, 0.1) is 0 Å². The fourth-order valence-corrected chi connectivity index (χ4v) is 20.5. The van der Waals surface area contributed by atoms with E-state index in [0.717, 1.165) is 16.7 Å². The van der Waals surface area contributed by atoms with E-state index in [1.165, 1.54) is 58.9 Å². The van der Waals surface area contributed by atoms with Gasteiger partial charge in [0.15, 0.2) is 0 Å². The van der Waals surface area contributed by atoms with Gasteiger partial charge in [-0.05, 0) is 0 Å². The summed E-state index contributed by atoms with van der Waals surface area (Å²) in [5, 5.41) is 3.88. The fraction of sp³-hybridized carbons (Fsp3) is 0.432. The van der Waals surface area contributed by atoms with E-state index in [1.54, 1.807) is 0 Å². The molecular formula is C37H51NO2Sn. The Morgan fingerprint density at radius 1 is 0.732 bits per heavy atom. The quantitative estimate of drug-likeness (QED) is 0.0840. The van der Waals surface area contributed by atoms with Crippen molar-refractivity contribution in [2.75, 3.05) is 7.11 Å². The Morgan fingerprint density at radius 2 is 1.12 bits per heavy atom. The molecule has 1 atom stereocenters. The molecule has 0 saturated carbocycles. The van der Waals surface area contributed by atoms with Crippen LogP contribution in [0.15, 0.2) is 101 Å². The van der Waals surface area contributed by atoms with Crippen molar-refractivity contribution in [3.8, 4) is 0 Å². The van der Waals surface area contributed by atoms with E-state index in [0.29, 0.717) is 6.42 Å². The summed E-state index contributed by atoms with van der Waals surface area (Å²) in [6.45, 7) is 6.94. The van der Waals surface area contributed by atoms with E-state index >= 15 is 0 Å². The van der Waals surface area contributed by atoms with Crippen LogP contribution >= 0.6 is 0 Å². The van der Waals surface area contributed by atoms with Crippen LogP contribution in [0.3, 0.4) is 0 Å². The number of rotatable bonds is 18. The molecule has 0 aliphatic heterocycles. The Labute approximate surface area is 253 Å². The van der Waals surface area contributed by atoms with Crippen LogP contribution in [0.25, 0.3) is 0 Å². The molecule has 0 aliphatic carbocycles. The SMILES string of the molecule is CCC[CH2][Sn](/[CH]=C/C[C@H](NC(c1ccccc1)(c1ccccc1)c1ccccc1)C(=O)OC)([CH2]CCC)[CH2]CCC. The summed E-state index contributed by atoms with van der Waals surface area (Å²) >= 11 is -2.49. The number of esters is 1. The summed E-state index contributed by atoms with van der Waals surface area (Å²) in [6.07, 6.45) is 10.7. The summed E-state index contributed by atoms with van der Waals surface area (Å²) in [7, 11) is 1.50. The van der Waals surface area contributed by atoms with Gasteiger partial charge in [-0.1, -0.05) is 0 Å². The maximum absolute atomic E-state index is 13.5. The van der Waals surface area contributed by atoms with Crippen molar-refractivity contribution in [3.63, 3.8) is 0 Å². The Kier molecular flexibility index (Phi) is 14.2. The number of hydrogen-bond acceptors (Lipinski definition) is 3. The summed E-state index contributed by atoms with van der Waals surface area (Å²) in [5.74, 6) is -0.224. The summed E-state index contributed by atoms with van der Waals surface area (Å²) in [6, 6.07) is 31.0. The zero-order chi connectivity index (χ0) is 29.4. The molecular weight excluding hydrogens is 609 g/mol. The third-order valence-electron chi connectivity index (χ3n) is 8.42. The topological polar surface area (TPSA) is 38.3 Å². The number of unbranched alkanes of at least 4 members (excludes halogenated alkanes) is 3. The predicted molar refractivity (Wildman–Crippen MR) is 177 cm³/mol. The van der Waals surface area contributed by atoms with Gasteiger partial charge in [0.25, 0.3) is 0 Å². The van der Waals surface area contributed by atoms with Crippen molar-refractivity contribution >= 4 is 24.3 Å². The van der Waals surface area contributed by atoms with Crippen molar-refractivity contribution in [1.82, 2.24) is 5.32 Å². The molecule has 1 N–H and O–H groups in total. The van der Waals surface area contributed by atoms with E-state index in [-0.39, 0.29) is 5.97 Å². The van der Waals surface area contributed by atoms with Crippen LogP contribution in [-0.4, -0.2) is 37.5 Å². The first-order valence-corrected chi connectivity index (χ1v) is 23.4. The van der Waals surface area contributed by atoms with Crippen molar-refractivity contribution in [2.45, 2.75) is 90.6 Å². The average molecular weight is 661 g/mol. The van der Waals surface area contributed by atoms with Crippen LogP contribution < -0.4 is 5.32 Å². The van der Waals surface area contributed by atoms with E-state index in [1.807, 2.05) is 18.2 Å². The first kappa shape index (κ1) is 33.1. The number of ether oxygens (including phenoxy) is 1. The van der Waals surface area contributed by atoms with Crippen LogP contribution in [0.4, 0.5) is 0 Å². The summed E-state index contributed by atoms with van der Waals surface area (Å²) in [5.41, 5.74) is 2.57. The van der Waals surface area contributed by atoms with Gasteiger partial charge in [0.1, 0.15) is 0 Å². The number of nitrogens with one attached hydrogen (secondary N) is 1. The Balaban J connectivity index is 2.07. The van der Waals surface area contributed by atoms with Crippen LogP contribution in [-0.2, 0) is 15.1 Å². The van der Waals surface area contributed by atoms with Crippen LogP contribution in [0.2, 0.25) is 13.3 Å².